The van der Waals surface area contributed by atoms with E-state index in [9.17, 15) is 4.79 Å². The second-order valence-electron chi connectivity index (χ2n) is 6.47. The summed E-state index contributed by atoms with van der Waals surface area (Å²) < 4.78 is 5.54. The van der Waals surface area contributed by atoms with Crippen LogP contribution in [0.4, 0.5) is 5.69 Å². The molecule has 5 nitrogen and oxygen atoms in total. The predicted octanol–water partition coefficient (Wildman–Crippen LogP) is 2.71. The van der Waals surface area contributed by atoms with Gasteiger partial charge < -0.3 is 15.0 Å². The number of nitrogens with one attached hydrogen (secondary N) is 1. The molecule has 0 unspecified atom stereocenters. The molecule has 1 N–H and O–H groups in total. The van der Waals surface area contributed by atoms with Crippen molar-refractivity contribution >= 4 is 23.2 Å². The molecule has 0 radical (unpaired) electrons. The highest BCUT2D eigenvalue weighted by Crippen LogP contribution is 2.25. The molecule has 132 valence electrons. The maximum absolute atomic E-state index is 12.8. The van der Waals surface area contributed by atoms with E-state index in [1.807, 2.05) is 18.0 Å². The number of ether oxygens (including phenoxy) is 1. The first kappa shape index (κ1) is 17.5. The standard InChI is InChI=1S/C18H26ClN3O2/c1-20-17-13-14(19)3-4-16(17)18(23)22-8-5-15(6-9-22)21-7-2-11-24-12-10-21/h3-4,13,15,20H,2,5-12H2,1H3. The fourth-order valence-electron chi connectivity index (χ4n) is 3.64. The third-order valence-corrected chi connectivity index (χ3v) is 5.24. The molecule has 3 rings (SSSR count). The van der Waals surface area contributed by atoms with Crippen molar-refractivity contribution in [3.05, 3.63) is 28.8 Å². The summed E-state index contributed by atoms with van der Waals surface area (Å²) in [6.07, 6.45) is 3.18. The van der Waals surface area contributed by atoms with E-state index in [1.54, 1.807) is 12.1 Å². The molecule has 0 aromatic heterocycles. The summed E-state index contributed by atoms with van der Waals surface area (Å²) in [5.74, 6) is 0.0914. The van der Waals surface area contributed by atoms with Gasteiger partial charge in [0.2, 0.25) is 0 Å². The SMILES string of the molecule is CNc1cc(Cl)ccc1C(=O)N1CCC(N2CCCOCC2)CC1. The molecule has 1 aromatic carbocycles. The molecule has 0 aliphatic carbocycles. The van der Waals surface area contributed by atoms with Crippen molar-refractivity contribution in [2.75, 3.05) is 51.8 Å². The van der Waals surface area contributed by atoms with Crippen LogP contribution in [0.5, 0.6) is 0 Å². The highest BCUT2D eigenvalue weighted by atomic mass is 35.5. The second-order valence-corrected chi connectivity index (χ2v) is 6.90. The van der Waals surface area contributed by atoms with Crippen LogP contribution in [0, 0.1) is 0 Å². The number of likely N-dealkylation sites (tertiary alicyclic amines) is 1. The van der Waals surface area contributed by atoms with Gasteiger partial charge in [0.1, 0.15) is 0 Å². The van der Waals surface area contributed by atoms with E-state index in [0.717, 1.165) is 64.3 Å². The molecule has 2 aliphatic heterocycles. The van der Waals surface area contributed by atoms with Crippen LogP contribution in [0.25, 0.3) is 0 Å². The number of nitrogens with zero attached hydrogens (tertiary/aromatic N) is 2. The summed E-state index contributed by atoms with van der Waals surface area (Å²) in [6, 6.07) is 5.97. The van der Waals surface area contributed by atoms with Crippen LogP contribution in [-0.4, -0.2) is 68.2 Å². The van der Waals surface area contributed by atoms with Crippen molar-refractivity contribution in [2.45, 2.75) is 25.3 Å². The van der Waals surface area contributed by atoms with E-state index >= 15 is 0 Å². The van der Waals surface area contributed by atoms with Crippen LogP contribution in [0.3, 0.4) is 0 Å². The molecule has 24 heavy (non-hydrogen) atoms. The third kappa shape index (κ3) is 4.02. The Bertz CT molecular complexity index is 565. The number of piperidine rings is 1. The summed E-state index contributed by atoms with van der Waals surface area (Å²) in [6.45, 7) is 5.45. The first-order chi connectivity index (χ1) is 11.7. The van der Waals surface area contributed by atoms with Gasteiger partial charge in [-0.15, -0.1) is 0 Å². The first-order valence-electron chi connectivity index (χ1n) is 8.77. The Labute approximate surface area is 148 Å². The molecule has 6 heteroatoms. The van der Waals surface area contributed by atoms with Gasteiger partial charge in [0, 0.05) is 56.6 Å². The monoisotopic (exact) mass is 351 g/mol. The van der Waals surface area contributed by atoms with E-state index in [-0.39, 0.29) is 5.91 Å². The predicted molar refractivity (Wildman–Crippen MR) is 96.9 cm³/mol. The molecule has 0 spiro atoms. The maximum atomic E-state index is 12.8. The first-order valence-corrected chi connectivity index (χ1v) is 9.15. The Morgan fingerprint density at radius 2 is 2.00 bits per heavy atom. The zero-order chi connectivity index (χ0) is 16.9. The molecular formula is C18H26ClN3O2. The highest BCUT2D eigenvalue weighted by molar-refractivity contribution is 6.31. The number of rotatable bonds is 3. The number of carbonyl (C=O) groups is 1. The van der Waals surface area contributed by atoms with Gasteiger partial charge in [0.15, 0.2) is 0 Å². The molecule has 1 amide bonds. The molecule has 2 fully saturated rings. The fraction of sp³-hybridized carbons (Fsp3) is 0.611. The van der Waals surface area contributed by atoms with E-state index in [2.05, 4.69) is 10.2 Å². The number of carbonyl (C=O) groups excluding carboxylic acids is 1. The van der Waals surface area contributed by atoms with Crippen LogP contribution in [0.2, 0.25) is 5.02 Å². The van der Waals surface area contributed by atoms with Gasteiger partial charge in [0.05, 0.1) is 12.2 Å². The molecule has 1 aromatic rings. The van der Waals surface area contributed by atoms with E-state index in [1.165, 1.54) is 0 Å². The Morgan fingerprint density at radius 3 is 2.75 bits per heavy atom. The van der Waals surface area contributed by atoms with Gasteiger partial charge in [-0.25, -0.2) is 0 Å². The number of anilines is 1. The van der Waals surface area contributed by atoms with E-state index in [4.69, 9.17) is 16.3 Å². The number of hydrogen-bond acceptors (Lipinski definition) is 4. The van der Waals surface area contributed by atoms with Crippen molar-refractivity contribution in [3.8, 4) is 0 Å². The highest BCUT2D eigenvalue weighted by Gasteiger charge is 2.28. The molecule has 2 heterocycles. The fourth-order valence-corrected chi connectivity index (χ4v) is 3.82. The second kappa shape index (κ2) is 8.19. The molecule has 0 atom stereocenters. The number of hydrogen-bond donors (Lipinski definition) is 1. The normalized spacial score (nSPS) is 20.7. The minimum atomic E-state index is 0.0914. The zero-order valence-corrected chi connectivity index (χ0v) is 15.0. The quantitative estimate of drug-likeness (QED) is 0.909. The lowest BCUT2D eigenvalue weighted by Gasteiger charge is -2.38. The molecular weight excluding hydrogens is 326 g/mol. The largest absolute Gasteiger partial charge is 0.387 e. The van der Waals surface area contributed by atoms with Crippen LogP contribution in [-0.2, 0) is 4.74 Å². The number of benzene rings is 1. The lowest BCUT2D eigenvalue weighted by atomic mass is 10.0. The third-order valence-electron chi connectivity index (χ3n) is 5.01. The Balaban J connectivity index is 1.61. The van der Waals surface area contributed by atoms with Crippen molar-refractivity contribution < 1.29 is 9.53 Å². The van der Waals surface area contributed by atoms with Crippen molar-refractivity contribution in [1.29, 1.82) is 0 Å². The van der Waals surface area contributed by atoms with Crippen molar-refractivity contribution in [3.63, 3.8) is 0 Å². The number of halogens is 1. The molecule has 2 saturated heterocycles. The average Bonchev–Trinajstić information content (AvgIpc) is 2.90. The van der Waals surface area contributed by atoms with E-state index in [0.29, 0.717) is 16.6 Å². The lowest BCUT2D eigenvalue weighted by Crippen LogP contribution is -2.47. The Hall–Kier alpha value is -1.30. The van der Waals surface area contributed by atoms with Gasteiger partial charge in [-0.05, 0) is 37.5 Å². The van der Waals surface area contributed by atoms with Crippen LogP contribution in [0.15, 0.2) is 18.2 Å². The lowest BCUT2D eigenvalue weighted by molar-refractivity contribution is 0.0610. The van der Waals surface area contributed by atoms with E-state index < -0.39 is 0 Å². The van der Waals surface area contributed by atoms with Crippen molar-refractivity contribution in [2.24, 2.45) is 0 Å². The van der Waals surface area contributed by atoms with Gasteiger partial charge >= 0.3 is 0 Å². The molecule has 2 aliphatic rings. The van der Waals surface area contributed by atoms with Crippen LogP contribution in [0.1, 0.15) is 29.6 Å². The summed E-state index contributed by atoms with van der Waals surface area (Å²) >= 11 is 6.02. The molecule has 0 bridgehead atoms. The van der Waals surface area contributed by atoms with Gasteiger partial charge in [-0.2, -0.15) is 0 Å². The van der Waals surface area contributed by atoms with Gasteiger partial charge in [-0.1, -0.05) is 11.6 Å². The summed E-state index contributed by atoms with van der Waals surface area (Å²) in [4.78, 5) is 17.3. The maximum Gasteiger partial charge on any atom is 0.255 e. The Kier molecular flexibility index (Phi) is 5.98. The van der Waals surface area contributed by atoms with Gasteiger partial charge in [-0.3, -0.25) is 9.69 Å². The summed E-state index contributed by atoms with van der Waals surface area (Å²) in [7, 11) is 1.82. The zero-order valence-electron chi connectivity index (χ0n) is 14.3. The minimum Gasteiger partial charge on any atom is -0.387 e. The Morgan fingerprint density at radius 1 is 1.21 bits per heavy atom. The van der Waals surface area contributed by atoms with Crippen molar-refractivity contribution in [1.82, 2.24) is 9.80 Å². The topological polar surface area (TPSA) is 44.8 Å². The number of amides is 1. The van der Waals surface area contributed by atoms with Crippen LogP contribution < -0.4 is 5.32 Å². The van der Waals surface area contributed by atoms with Gasteiger partial charge in [0.25, 0.3) is 5.91 Å². The summed E-state index contributed by atoms with van der Waals surface area (Å²) in [5.41, 5.74) is 1.49. The summed E-state index contributed by atoms with van der Waals surface area (Å²) in [5, 5.41) is 3.71. The van der Waals surface area contributed by atoms with Crippen LogP contribution >= 0.6 is 11.6 Å². The molecule has 0 saturated carbocycles. The average molecular weight is 352 g/mol. The minimum absolute atomic E-state index is 0.0914. The smallest absolute Gasteiger partial charge is 0.255 e.